The molecule has 1 atom stereocenters. The maximum absolute atomic E-state index is 12.9. The van der Waals surface area contributed by atoms with Crippen LogP contribution in [0.25, 0.3) is 0 Å². The third-order valence-electron chi connectivity index (χ3n) is 1.96. The quantitative estimate of drug-likeness (QED) is 0.660. The number of urea groups is 1. The van der Waals surface area contributed by atoms with Crippen LogP contribution in [-0.4, -0.2) is 34.9 Å². The fraction of sp³-hybridized carbons (Fsp3) is 0.200. The largest absolute Gasteiger partial charge is 0.480 e. The van der Waals surface area contributed by atoms with E-state index in [1.165, 1.54) is 6.07 Å². The van der Waals surface area contributed by atoms with E-state index in [0.717, 1.165) is 12.1 Å². The fourth-order valence-corrected chi connectivity index (χ4v) is 1.26. The standard InChI is InChI=1S/C10H10ClFN2O4/c11-6-2-1-5(12)3-7(6)13-10(18)14-8(4-15)9(16)17/h1-3,8,15H,4H2,(H,16,17)(H2,13,14,18)/t8-/m0/s1. The summed E-state index contributed by atoms with van der Waals surface area (Å²) in [6.45, 7) is -0.764. The number of nitrogens with one attached hydrogen (secondary N) is 2. The first-order valence-corrected chi connectivity index (χ1v) is 5.18. The van der Waals surface area contributed by atoms with Crippen molar-refractivity contribution in [1.82, 2.24) is 5.32 Å². The van der Waals surface area contributed by atoms with Gasteiger partial charge < -0.3 is 20.8 Å². The van der Waals surface area contributed by atoms with E-state index in [2.05, 4.69) is 5.32 Å². The number of benzene rings is 1. The van der Waals surface area contributed by atoms with Gasteiger partial charge >= 0.3 is 12.0 Å². The Bertz CT molecular complexity index is 469. The van der Waals surface area contributed by atoms with Crippen LogP contribution >= 0.6 is 11.6 Å². The number of rotatable bonds is 4. The number of aliphatic hydroxyl groups is 1. The summed E-state index contributed by atoms with van der Waals surface area (Å²) in [4.78, 5) is 21.9. The summed E-state index contributed by atoms with van der Waals surface area (Å²) in [6.07, 6.45) is 0. The van der Waals surface area contributed by atoms with Crippen LogP contribution in [0.4, 0.5) is 14.9 Å². The number of carboxylic acids is 1. The molecular formula is C10H10ClFN2O4. The number of carboxylic acid groups (broad SMARTS) is 1. The maximum Gasteiger partial charge on any atom is 0.328 e. The van der Waals surface area contributed by atoms with Gasteiger partial charge in [0, 0.05) is 0 Å². The zero-order valence-electron chi connectivity index (χ0n) is 8.98. The summed E-state index contributed by atoms with van der Waals surface area (Å²) in [5, 5.41) is 21.6. The second kappa shape index (κ2) is 6.18. The Morgan fingerprint density at radius 2 is 2.11 bits per heavy atom. The van der Waals surface area contributed by atoms with Crippen molar-refractivity contribution in [2.24, 2.45) is 0 Å². The van der Waals surface area contributed by atoms with Crippen LogP contribution in [0.2, 0.25) is 5.02 Å². The number of hydrogen-bond donors (Lipinski definition) is 4. The molecule has 8 heteroatoms. The lowest BCUT2D eigenvalue weighted by molar-refractivity contribution is -0.140. The van der Waals surface area contributed by atoms with Crippen LogP contribution < -0.4 is 10.6 Å². The average molecular weight is 277 g/mol. The van der Waals surface area contributed by atoms with Crippen molar-refractivity contribution >= 4 is 29.3 Å². The normalized spacial score (nSPS) is 11.7. The molecule has 0 heterocycles. The zero-order chi connectivity index (χ0) is 13.7. The molecule has 98 valence electrons. The lowest BCUT2D eigenvalue weighted by atomic mass is 10.3. The van der Waals surface area contributed by atoms with Crippen molar-refractivity contribution < 1.29 is 24.2 Å². The van der Waals surface area contributed by atoms with Gasteiger partial charge in [-0.15, -0.1) is 0 Å². The highest BCUT2D eigenvalue weighted by Gasteiger charge is 2.19. The van der Waals surface area contributed by atoms with Crippen molar-refractivity contribution in [3.63, 3.8) is 0 Å². The first kappa shape index (κ1) is 14.2. The molecule has 0 bridgehead atoms. The average Bonchev–Trinajstić information content (AvgIpc) is 2.30. The molecule has 6 nitrogen and oxygen atoms in total. The lowest BCUT2D eigenvalue weighted by Gasteiger charge is -2.13. The lowest BCUT2D eigenvalue weighted by Crippen LogP contribution is -2.45. The van der Waals surface area contributed by atoms with Gasteiger partial charge in [-0.05, 0) is 18.2 Å². The van der Waals surface area contributed by atoms with E-state index in [1.54, 1.807) is 0 Å². The molecule has 1 aromatic rings. The van der Waals surface area contributed by atoms with Crippen molar-refractivity contribution in [2.75, 3.05) is 11.9 Å². The minimum atomic E-state index is -1.45. The molecule has 0 radical (unpaired) electrons. The molecule has 0 unspecified atom stereocenters. The summed E-state index contributed by atoms with van der Waals surface area (Å²) < 4.78 is 12.9. The molecule has 0 aliphatic heterocycles. The molecule has 0 aromatic heterocycles. The Kier molecular flexibility index (Phi) is 4.87. The van der Waals surface area contributed by atoms with Crippen LogP contribution in [0, 0.1) is 5.82 Å². The van der Waals surface area contributed by atoms with Crippen molar-refractivity contribution in [3.8, 4) is 0 Å². The van der Waals surface area contributed by atoms with E-state index in [9.17, 15) is 14.0 Å². The molecule has 0 fully saturated rings. The number of carbonyl (C=O) groups excluding carboxylic acids is 1. The van der Waals surface area contributed by atoms with Crippen LogP contribution in [0.5, 0.6) is 0 Å². The first-order chi connectivity index (χ1) is 8.43. The predicted octanol–water partition coefficient (Wildman–Crippen LogP) is 1.05. The van der Waals surface area contributed by atoms with Crippen molar-refractivity contribution in [1.29, 1.82) is 0 Å². The highest BCUT2D eigenvalue weighted by atomic mass is 35.5. The van der Waals surface area contributed by atoms with E-state index >= 15 is 0 Å². The Hall–Kier alpha value is -1.86. The predicted molar refractivity (Wildman–Crippen MR) is 62.1 cm³/mol. The molecule has 0 aliphatic rings. The summed E-state index contributed by atoms with van der Waals surface area (Å²) in [5.74, 6) is -2.00. The van der Waals surface area contributed by atoms with E-state index in [0.29, 0.717) is 0 Å². The molecule has 2 amide bonds. The van der Waals surface area contributed by atoms with Gasteiger partial charge in [-0.2, -0.15) is 0 Å². The van der Waals surface area contributed by atoms with Crippen LogP contribution in [0.3, 0.4) is 0 Å². The number of anilines is 1. The second-order valence-electron chi connectivity index (χ2n) is 3.30. The first-order valence-electron chi connectivity index (χ1n) is 4.80. The third-order valence-corrected chi connectivity index (χ3v) is 2.29. The second-order valence-corrected chi connectivity index (χ2v) is 3.70. The number of hydrogen-bond acceptors (Lipinski definition) is 3. The monoisotopic (exact) mass is 276 g/mol. The molecule has 0 saturated carbocycles. The van der Waals surface area contributed by atoms with Gasteiger partial charge in [0.15, 0.2) is 6.04 Å². The number of halogens is 2. The van der Waals surface area contributed by atoms with Crippen molar-refractivity contribution in [2.45, 2.75) is 6.04 Å². The summed E-state index contributed by atoms with van der Waals surface area (Å²) in [7, 11) is 0. The smallest absolute Gasteiger partial charge is 0.328 e. The minimum Gasteiger partial charge on any atom is -0.480 e. The summed E-state index contributed by atoms with van der Waals surface area (Å²) >= 11 is 5.70. The number of aliphatic carboxylic acids is 1. The molecule has 0 saturated heterocycles. The topological polar surface area (TPSA) is 98.7 Å². The van der Waals surface area contributed by atoms with Crippen LogP contribution in [-0.2, 0) is 4.79 Å². The molecular weight excluding hydrogens is 267 g/mol. The summed E-state index contributed by atoms with van der Waals surface area (Å²) in [5.41, 5.74) is -0.00348. The number of aliphatic hydroxyl groups excluding tert-OH is 1. The van der Waals surface area contributed by atoms with Crippen LogP contribution in [0.15, 0.2) is 18.2 Å². The highest BCUT2D eigenvalue weighted by Crippen LogP contribution is 2.22. The molecule has 0 spiro atoms. The Morgan fingerprint density at radius 1 is 1.44 bits per heavy atom. The third kappa shape index (κ3) is 3.86. The van der Waals surface area contributed by atoms with Crippen molar-refractivity contribution in [3.05, 3.63) is 29.0 Å². The van der Waals surface area contributed by atoms with Gasteiger partial charge in [-0.1, -0.05) is 11.6 Å². The van der Waals surface area contributed by atoms with Gasteiger partial charge in [0.1, 0.15) is 5.82 Å². The highest BCUT2D eigenvalue weighted by molar-refractivity contribution is 6.33. The molecule has 1 rings (SSSR count). The van der Waals surface area contributed by atoms with Crippen LogP contribution in [0.1, 0.15) is 0 Å². The SMILES string of the molecule is O=C(Nc1cc(F)ccc1Cl)N[C@@H](CO)C(=O)O. The van der Waals surface area contributed by atoms with E-state index in [1.807, 2.05) is 5.32 Å². The molecule has 4 N–H and O–H groups in total. The zero-order valence-corrected chi connectivity index (χ0v) is 9.74. The van der Waals surface area contributed by atoms with Gasteiger partial charge in [0.2, 0.25) is 0 Å². The minimum absolute atomic E-state index is 0.00348. The maximum atomic E-state index is 12.9. The van der Waals surface area contributed by atoms with E-state index in [4.69, 9.17) is 21.8 Å². The summed E-state index contributed by atoms with van der Waals surface area (Å²) in [6, 6.07) is 0.976. The molecule has 1 aromatic carbocycles. The Labute approximate surface area is 106 Å². The fourth-order valence-electron chi connectivity index (χ4n) is 1.10. The van der Waals surface area contributed by atoms with Gasteiger partial charge in [-0.3, -0.25) is 0 Å². The number of amides is 2. The van der Waals surface area contributed by atoms with Gasteiger partial charge in [0.05, 0.1) is 17.3 Å². The van der Waals surface area contributed by atoms with Gasteiger partial charge in [0.25, 0.3) is 0 Å². The molecule has 0 aliphatic carbocycles. The molecule has 18 heavy (non-hydrogen) atoms. The Balaban J connectivity index is 2.70. The van der Waals surface area contributed by atoms with E-state index < -0.39 is 30.5 Å². The van der Waals surface area contributed by atoms with E-state index in [-0.39, 0.29) is 10.7 Å². The number of carbonyl (C=O) groups is 2. The van der Waals surface area contributed by atoms with Gasteiger partial charge in [-0.25, -0.2) is 14.0 Å². The Morgan fingerprint density at radius 3 is 2.67 bits per heavy atom.